The van der Waals surface area contributed by atoms with Gasteiger partial charge in [-0.2, -0.15) is 16.8 Å². The van der Waals surface area contributed by atoms with Gasteiger partial charge in [-0.25, -0.2) is 0 Å². The summed E-state index contributed by atoms with van der Waals surface area (Å²) in [5, 5.41) is 0. The quantitative estimate of drug-likeness (QED) is 0.282. The van der Waals surface area contributed by atoms with Gasteiger partial charge < -0.3 is 5.48 Å². The number of hydrogen-bond acceptors (Lipinski definition) is 4. The van der Waals surface area contributed by atoms with Gasteiger partial charge in [-0.1, -0.05) is 0 Å². The molecule has 0 atom stereocenters. The van der Waals surface area contributed by atoms with Crippen molar-refractivity contribution in [2.24, 2.45) is 0 Å². The van der Waals surface area contributed by atoms with E-state index in [4.69, 9.17) is 35.0 Å². The van der Waals surface area contributed by atoms with E-state index in [-0.39, 0.29) is 27.2 Å². The third-order valence-corrected chi connectivity index (χ3v) is 0. The molecule has 0 aliphatic carbocycles. The van der Waals surface area contributed by atoms with Crippen molar-refractivity contribution in [2.45, 2.75) is 0 Å². The third-order valence-electron chi connectivity index (χ3n) is 0. The van der Waals surface area contributed by atoms with Crippen molar-refractivity contribution in [3.05, 3.63) is 0 Å². The van der Waals surface area contributed by atoms with Crippen LogP contribution >= 0.6 is 0 Å². The van der Waals surface area contributed by atoms with Crippen LogP contribution in [0.1, 0.15) is 0 Å². The molecule has 0 aromatic carbocycles. The van der Waals surface area contributed by atoms with Crippen LogP contribution in [0.3, 0.4) is 0 Å². The molecular weight excluding hydrogens is 256 g/mol. The molecule has 12 heavy (non-hydrogen) atoms. The maximum atomic E-state index is 8.74. The van der Waals surface area contributed by atoms with Gasteiger partial charge in [-0.05, 0) is 0 Å². The Kier molecular flexibility index (Phi) is 15.3. The Morgan fingerprint density at radius 2 is 0.667 bits per heavy atom. The second-order valence-corrected chi connectivity index (χ2v) is 2.69. The summed E-state index contributed by atoms with van der Waals surface area (Å²) < 4.78 is 63.2. The predicted octanol–water partition coefficient (Wildman–Crippen LogP) is -2.13. The van der Waals surface area contributed by atoms with Crippen LogP contribution in [-0.2, 0) is 42.5 Å². The zero-order valence-corrected chi connectivity index (χ0v) is 8.43. The van der Waals surface area contributed by atoms with Crippen LogP contribution in [0.25, 0.3) is 0 Å². The molecule has 12 heteroatoms. The van der Waals surface area contributed by atoms with Gasteiger partial charge >= 0.3 is 20.8 Å². The van der Waals surface area contributed by atoms with E-state index in [9.17, 15) is 0 Å². The Morgan fingerprint density at radius 1 is 0.667 bits per heavy atom. The molecule has 0 unspecified atom stereocenters. The number of rotatable bonds is 0. The molecule has 0 heterocycles. The molecular formula is H6O9S2Ti. The van der Waals surface area contributed by atoms with E-state index in [2.05, 4.69) is 0 Å². The molecule has 76 valence electrons. The first-order valence-electron chi connectivity index (χ1n) is 1.40. The van der Waals surface area contributed by atoms with Crippen LogP contribution < -0.4 is 0 Å². The van der Waals surface area contributed by atoms with E-state index in [1.165, 1.54) is 0 Å². The van der Waals surface area contributed by atoms with E-state index in [0.717, 1.165) is 0 Å². The molecule has 0 amide bonds. The summed E-state index contributed by atoms with van der Waals surface area (Å²) in [6.07, 6.45) is 0. The number of hydrogen-bond donors (Lipinski definition) is 4. The minimum atomic E-state index is -4.67. The summed E-state index contributed by atoms with van der Waals surface area (Å²) in [6.45, 7) is 0. The van der Waals surface area contributed by atoms with Crippen LogP contribution in [0.2, 0.25) is 0 Å². The summed E-state index contributed by atoms with van der Waals surface area (Å²) >= 11 is 0. The molecule has 9 nitrogen and oxygen atoms in total. The zero-order valence-electron chi connectivity index (χ0n) is 5.24. The zero-order chi connectivity index (χ0) is 9.00. The fourth-order valence-electron chi connectivity index (χ4n) is 0. The van der Waals surface area contributed by atoms with Gasteiger partial charge in [0.1, 0.15) is 0 Å². The molecule has 0 aliphatic rings. The van der Waals surface area contributed by atoms with Crippen molar-refractivity contribution in [3.8, 4) is 0 Å². The van der Waals surface area contributed by atoms with Crippen LogP contribution in [0, 0.1) is 0 Å². The molecule has 0 aromatic heterocycles. The summed E-state index contributed by atoms with van der Waals surface area (Å²) in [5.74, 6) is 0. The average Bonchev–Trinajstić information content (AvgIpc) is 1.12. The van der Waals surface area contributed by atoms with Crippen LogP contribution in [0.5, 0.6) is 0 Å². The Balaban J connectivity index is -0.0000000457. The minimum absolute atomic E-state index is 0. The second kappa shape index (κ2) is 8.03. The first-order chi connectivity index (χ1) is 4.00. The summed E-state index contributed by atoms with van der Waals surface area (Å²) in [4.78, 5) is 0. The second-order valence-electron chi connectivity index (χ2n) is 0.896. The monoisotopic (exact) mass is 262 g/mol. The van der Waals surface area contributed by atoms with Gasteiger partial charge in [0.2, 0.25) is 0 Å². The van der Waals surface area contributed by atoms with Crippen LogP contribution in [-0.4, -0.2) is 40.5 Å². The van der Waals surface area contributed by atoms with E-state index < -0.39 is 20.8 Å². The molecule has 0 aliphatic heterocycles. The van der Waals surface area contributed by atoms with Crippen LogP contribution in [0.15, 0.2) is 0 Å². The van der Waals surface area contributed by atoms with Gasteiger partial charge in [-0.3, -0.25) is 18.2 Å². The van der Waals surface area contributed by atoms with Crippen molar-refractivity contribution < 1.29 is 62.2 Å². The van der Waals surface area contributed by atoms with E-state index in [1.54, 1.807) is 0 Å². The SMILES string of the molecule is O.O=S(=O)(O)O.O=S(=O)(O)O.[Ti]. The van der Waals surface area contributed by atoms with Crippen molar-refractivity contribution in [1.29, 1.82) is 0 Å². The molecule has 0 fully saturated rings. The average molecular weight is 262 g/mol. The van der Waals surface area contributed by atoms with Gasteiger partial charge in [0, 0.05) is 21.7 Å². The molecule has 6 N–H and O–H groups in total. The molecule has 0 rings (SSSR count). The largest absolute Gasteiger partial charge is 0.412 e. The summed E-state index contributed by atoms with van der Waals surface area (Å²) in [6, 6.07) is 0. The standard InChI is InChI=1S/2H2O4S.H2O.Ti/c2*1-5(2,3)4;;/h2*(H2,1,2,3,4);1H2;. The van der Waals surface area contributed by atoms with Crippen LogP contribution in [0.4, 0.5) is 0 Å². The van der Waals surface area contributed by atoms with Gasteiger partial charge in [0.05, 0.1) is 0 Å². The van der Waals surface area contributed by atoms with Crippen molar-refractivity contribution in [3.63, 3.8) is 0 Å². The summed E-state index contributed by atoms with van der Waals surface area (Å²) in [5.41, 5.74) is 0. The maximum absolute atomic E-state index is 8.74. The maximum Gasteiger partial charge on any atom is 0.394 e. The Bertz CT molecular complexity index is 209. The van der Waals surface area contributed by atoms with Gasteiger partial charge in [0.15, 0.2) is 0 Å². The van der Waals surface area contributed by atoms with E-state index >= 15 is 0 Å². The Morgan fingerprint density at radius 3 is 0.667 bits per heavy atom. The molecule has 0 saturated heterocycles. The Labute approximate surface area is 83.1 Å². The minimum Gasteiger partial charge on any atom is -0.412 e. The predicted molar refractivity (Wildman–Crippen MR) is 32.0 cm³/mol. The van der Waals surface area contributed by atoms with E-state index in [0.29, 0.717) is 0 Å². The first kappa shape index (κ1) is 22.8. The molecule has 0 spiro atoms. The smallest absolute Gasteiger partial charge is 0.394 e. The van der Waals surface area contributed by atoms with Gasteiger partial charge in [-0.15, -0.1) is 0 Å². The third kappa shape index (κ3) is 5380. The normalized spacial score (nSPS) is 9.67. The molecule has 0 aromatic rings. The fraction of sp³-hybridized carbons (Fsp3) is 0. The van der Waals surface area contributed by atoms with Crippen molar-refractivity contribution >= 4 is 20.8 Å². The van der Waals surface area contributed by atoms with E-state index in [1.807, 2.05) is 0 Å². The molecule has 0 saturated carbocycles. The first-order valence-corrected chi connectivity index (χ1v) is 4.19. The molecule has 0 radical (unpaired) electrons. The fourth-order valence-corrected chi connectivity index (χ4v) is 0. The Hall–Kier alpha value is 0.414. The van der Waals surface area contributed by atoms with Crippen molar-refractivity contribution in [1.82, 2.24) is 0 Å². The molecule has 0 bridgehead atoms. The van der Waals surface area contributed by atoms with Crippen molar-refractivity contribution in [2.75, 3.05) is 0 Å². The van der Waals surface area contributed by atoms with Gasteiger partial charge in [0.25, 0.3) is 0 Å². The topological polar surface area (TPSA) is 181 Å². The summed E-state index contributed by atoms with van der Waals surface area (Å²) in [7, 11) is -9.33.